The Hall–Kier alpha value is 1.96. The summed E-state index contributed by atoms with van der Waals surface area (Å²) in [4.78, 5) is 3.71. The van der Waals surface area contributed by atoms with Gasteiger partial charge in [-0.3, -0.25) is 7.05 Å². The Morgan fingerprint density at radius 2 is 1.85 bits per heavy atom. The van der Waals surface area contributed by atoms with Gasteiger partial charge in [-0.15, -0.1) is 13.1 Å². The summed E-state index contributed by atoms with van der Waals surface area (Å²) < 4.78 is 25.6. The van der Waals surface area contributed by atoms with Gasteiger partial charge in [0.15, 0.2) is 0 Å². The summed E-state index contributed by atoms with van der Waals surface area (Å²) in [6.07, 6.45) is 1.18. The smallest absolute Gasteiger partial charge is 0.662 e. The van der Waals surface area contributed by atoms with E-state index in [1.165, 1.54) is 12.8 Å². The molecule has 111 valence electrons. The van der Waals surface area contributed by atoms with Crippen molar-refractivity contribution in [1.29, 1.82) is 0 Å². The fourth-order valence-corrected chi connectivity index (χ4v) is 2.81. The van der Waals surface area contributed by atoms with Gasteiger partial charge in [0, 0.05) is 31.6 Å². The summed E-state index contributed by atoms with van der Waals surface area (Å²) in [7, 11) is 3.70. The van der Waals surface area contributed by atoms with Crippen LogP contribution < -0.4 is 51.4 Å². The van der Waals surface area contributed by atoms with E-state index >= 15 is 0 Å². The van der Waals surface area contributed by atoms with Crippen LogP contribution in [0.4, 0.5) is 8.78 Å². The van der Waals surface area contributed by atoms with Crippen LogP contribution in [0.15, 0.2) is 0 Å². The van der Waals surface area contributed by atoms with E-state index < -0.39 is 12.5 Å². The minimum Gasteiger partial charge on any atom is -0.662 e. The van der Waals surface area contributed by atoms with Gasteiger partial charge < -0.3 is 15.1 Å². The molecule has 2 saturated heterocycles. The van der Waals surface area contributed by atoms with Crippen LogP contribution in [0, 0.1) is 13.0 Å². The quantitative estimate of drug-likeness (QED) is 0.490. The minimum absolute atomic E-state index is 0. The number of hydrogen-bond donors (Lipinski definition) is 0. The van der Waals surface area contributed by atoms with E-state index in [0.717, 1.165) is 38.5 Å². The van der Waals surface area contributed by atoms with Crippen LogP contribution in [0.3, 0.4) is 0 Å². The third-order valence-corrected chi connectivity index (χ3v) is 4.15. The fraction of sp³-hybridized carbons (Fsp3) is 0.923. The van der Waals surface area contributed by atoms with Gasteiger partial charge in [-0.25, -0.2) is 8.78 Å². The molecule has 0 aromatic heterocycles. The summed E-state index contributed by atoms with van der Waals surface area (Å²) in [6.45, 7) is 4.88. The predicted molar refractivity (Wildman–Crippen MR) is 68.7 cm³/mol. The molecule has 3 nitrogen and oxygen atoms in total. The molecule has 0 amide bonds. The van der Waals surface area contributed by atoms with E-state index in [4.69, 9.17) is 0 Å². The first-order valence-corrected chi connectivity index (χ1v) is 6.87. The Labute approximate surface area is 175 Å². The maximum absolute atomic E-state index is 12.8. The van der Waals surface area contributed by atoms with Gasteiger partial charge in [-0.05, 0) is 25.4 Å². The zero-order chi connectivity index (χ0) is 13.0. The monoisotopic (exact) mass is 349 g/mol. The maximum atomic E-state index is 12.8. The third-order valence-electron chi connectivity index (χ3n) is 4.15. The van der Waals surface area contributed by atoms with Crippen molar-refractivity contribution in [3.8, 4) is 0 Å². The van der Waals surface area contributed by atoms with Gasteiger partial charge in [-0.2, -0.15) is 0 Å². The van der Waals surface area contributed by atoms with Crippen LogP contribution in [0.5, 0.6) is 0 Å². The Morgan fingerprint density at radius 1 is 1.20 bits per heavy atom. The topological polar surface area (TPSA) is 20.6 Å². The molecule has 0 bridgehead atoms. The molecule has 0 aromatic rings. The number of piperidine rings is 1. The van der Waals surface area contributed by atoms with Crippen LogP contribution in [-0.4, -0.2) is 61.5 Å². The summed E-state index contributed by atoms with van der Waals surface area (Å²) in [5.74, 6) is 0.741. The molecule has 2 rings (SSSR count). The molecule has 0 N–H and O–H groups in total. The van der Waals surface area contributed by atoms with Crippen molar-refractivity contribution in [1.82, 2.24) is 9.80 Å². The van der Waals surface area contributed by atoms with Crippen molar-refractivity contribution in [2.24, 2.45) is 5.92 Å². The van der Waals surface area contributed by atoms with Gasteiger partial charge >= 0.3 is 51.4 Å². The summed E-state index contributed by atoms with van der Waals surface area (Å²) in [5, 5.41) is 4.34. The third kappa shape index (κ3) is 7.03. The second-order valence-corrected chi connectivity index (χ2v) is 5.42. The summed E-state index contributed by atoms with van der Waals surface area (Å²) >= 11 is 0. The molecule has 0 spiro atoms. The number of hydrogen-bond acceptors (Lipinski definition) is 2. The SMILES string of the molecule is [CH2-]N1CCN(CCC2CC[N-]CC2)CC1C(F)F.[K+].[V]. The molecule has 2 fully saturated rings. The first-order valence-electron chi connectivity index (χ1n) is 6.87. The van der Waals surface area contributed by atoms with Crippen molar-refractivity contribution in [3.63, 3.8) is 0 Å². The van der Waals surface area contributed by atoms with Crippen molar-refractivity contribution in [3.05, 3.63) is 12.4 Å². The van der Waals surface area contributed by atoms with E-state index in [1.54, 1.807) is 4.90 Å². The predicted octanol–water partition coefficient (Wildman–Crippen LogP) is -0.795. The fourth-order valence-electron chi connectivity index (χ4n) is 2.81. The second kappa shape index (κ2) is 11.5. The molecule has 0 aliphatic carbocycles. The van der Waals surface area contributed by atoms with Crippen LogP contribution in [0.2, 0.25) is 0 Å². The number of halogens is 2. The molecule has 1 radical (unpaired) electrons. The number of alkyl halides is 2. The molecular weight excluding hydrogens is 326 g/mol. The largest absolute Gasteiger partial charge is 1.00 e. The molecule has 1 unspecified atom stereocenters. The molecular formula is C13H23F2KN3V-. The van der Waals surface area contributed by atoms with Crippen LogP contribution in [0.1, 0.15) is 19.3 Å². The van der Waals surface area contributed by atoms with Crippen molar-refractivity contribution >= 4 is 0 Å². The normalized spacial score (nSPS) is 26.1. The Morgan fingerprint density at radius 3 is 2.45 bits per heavy atom. The first kappa shape index (κ1) is 22.0. The van der Waals surface area contributed by atoms with Crippen molar-refractivity contribution < 1.29 is 78.7 Å². The van der Waals surface area contributed by atoms with Gasteiger partial charge in [0.25, 0.3) is 6.43 Å². The van der Waals surface area contributed by atoms with E-state index in [2.05, 4.69) is 17.3 Å². The Bertz CT molecular complexity index is 256. The Kier molecular flexibility index (Phi) is 12.6. The van der Waals surface area contributed by atoms with Gasteiger partial charge in [-0.1, -0.05) is 12.8 Å². The molecule has 2 heterocycles. The van der Waals surface area contributed by atoms with E-state index in [0.29, 0.717) is 13.1 Å². The first-order chi connectivity index (χ1) is 8.66. The maximum Gasteiger partial charge on any atom is 1.00 e. The standard InChI is InChI=1S/C13H23F2N3.K.V/c1-17-8-9-18(10-12(17)13(14)15)7-4-11-2-5-16-6-3-11;;/h11-13H,1-10H2;;/q-2;+1;. The van der Waals surface area contributed by atoms with Crippen LogP contribution in [-0.2, 0) is 18.6 Å². The van der Waals surface area contributed by atoms with Gasteiger partial charge in [0.2, 0.25) is 0 Å². The zero-order valence-electron chi connectivity index (χ0n) is 12.3. The molecule has 2 aliphatic rings. The average Bonchev–Trinajstić information content (AvgIpc) is 2.38. The second-order valence-electron chi connectivity index (χ2n) is 5.42. The molecule has 2 aliphatic heterocycles. The molecule has 20 heavy (non-hydrogen) atoms. The number of piperazine rings is 1. The van der Waals surface area contributed by atoms with Crippen molar-refractivity contribution in [2.75, 3.05) is 39.3 Å². The van der Waals surface area contributed by atoms with E-state index in [9.17, 15) is 8.78 Å². The summed E-state index contributed by atoms with van der Waals surface area (Å²) in [5.41, 5.74) is 0. The summed E-state index contributed by atoms with van der Waals surface area (Å²) in [6, 6.07) is -0.694. The van der Waals surface area contributed by atoms with E-state index in [1.807, 2.05) is 0 Å². The molecule has 0 aromatic carbocycles. The molecule has 1 atom stereocenters. The molecule has 7 heteroatoms. The minimum atomic E-state index is -2.29. The van der Waals surface area contributed by atoms with Gasteiger partial charge in [0.05, 0.1) is 6.04 Å². The van der Waals surface area contributed by atoms with Crippen LogP contribution >= 0.6 is 0 Å². The molecule has 0 saturated carbocycles. The van der Waals surface area contributed by atoms with Crippen molar-refractivity contribution in [2.45, 2.75) is 31.7 Å². The number of nitrogens with zero attached hydrogens (tertiary/aromatic N) is 3. The zero-order valence-corrected chi connectivity index (χ0v) is 16.9. The number of rotatable bonds is 4. The van der Waals surface area contributed by atoms with Gasteiger partial charge in [0.1, 0.15) is 0 Å². The van der Waals surface area contributed by atoms with E-state index in [-0.39, 0.29) is 69.9 Å². The van der Waals surface area contributed by atoms with Crippen LogP contribution in [0.25, 0.3) is 5.32 Å². The average molecular weight is 349 g/mol. The Balaban J connectivity index is 0.00000180.